The molecule has 1 aromatic carbocycles. The summed E-state index contributed by atoms with van der Waals surface area (Å²) in [5.41, 5.74) is 2.52. The molecular formula is C14H21FN4O. The highest BCUT2D eigenvalue weighted by molar-refractivity contribution is 5.99. The van der Waals surface area contributed by atoms with Crippen molar-refractivity contribution in [2.75, 3.05) is 32.1 Å². The number of benzene rings is 1. The van der Waals surface area contributed by atoms with Crippen molar-refractivity contribution in [3.05, 3.63) is 29.6 Å². The number of carbonyl (C=O) groups excluding carboxylic acids is 1. The van der Waals surface area contributed by atoms with Crippen molar-refractivity contribution >= 4 is 11.6 Å². The fourth-order valence-corrected chi connectivity index (χ4v) is 2.46. The molecule has 4 N–H and O–H groups in total. The van der Waals surface area contributed by atoms with Gasteiger partial charge in [-0.25, -0.2) is 4.39 Å². The van der Waals surface area contributed by atoms with Gasteiger partial charge in [-0.1, -0.05) is 6.07 Å². The van der Waals surface area contributed by atoms with Crippen molar-refractivity contribution in [1.82, 2.24) is 10.2 Å². The topological polar surface area (TPSA) is 70.4 Å². The minimum Gasteiger partial charge on any atom is -0.352 e. The Morgan fingerprint density at radius 1 is 1.45 bits per heavy atom. The number of likely N-dealkylation sites (tertiary alicyclic amines) is 1. The van der Waals surface area contributed by atoms with Gasteiger partial charge in [0.2, 0.25) is 0 Å². The van der Waals surface area contributed by atoms with E-state index in [9.17, 15) is 9.18 Å². The lowest BCUT2D eigenvalue weighted by Gasteiger charge is -2.29. The molecule has 0 bridgehead atoms. The first-order valence-electron chi connectivity index (χ1n) is 6.83. The first-order chi connectivity index (χ1) is 9.61. The molecule has 1 aliphatic heterocycles. The number of carbonyl (C=O) groups is 1. The zero-order chi connectivity index (χ0) is 14.5. The van der Waals surface area contributed by atoms with Crippen LogP contribution in [0.25, 0.3) is 0 Å². The average Bonchev–Trinajstić information content (AvgIpc) is 2.46. The van der Waals surface area contributed by atoms with E-state index in [1.54, 1.807) is 6.07 Å². The van der Waals surface area contributed by atoms with Crippen LogP contribution in [0.1, 0.15) is 23.2 Å². The number of rotatable bonds is 4. The molecule has 1 aromatic rings. The fraction of sp³-hybridized carbons (Fsp3) is 0.500. The zero-order valence-electron chi connectivity index (χ0n) is 11.7. The van der Waals surface area contributed by atoms with E-state index in [0.29, 0.717) is 12.5 Å². The third-order valence-corrected chi connectivity index (χ3v) is 3.79. The predicted octanol–water partition coefficient (Wildman–Crippen LogP) is 1.18. The number of anilines is 1. The van der Waals surface area contributed by atoms with E-state index >= 15 is 0 Å². The lowest BCUT2D eigenvalue weighted by Crippen LogP contribution is -2.37. The fourth-order valence-electron chi connectivity index (χ4n) is 2.46. The number of para-hydroxylation sites is 1. The largest absolute Gasteiger partial charge is 0.352 e. The summed E-state index contributed by atoms with van der Waals surface area (Å²) in [5.74, 6) is 4.93. The van der Waals surface area contributed by atoms with Gasteiger partial charge in [0.25, 0.3) is 5.91 Å². The summed E-state index contributed by atoms with van der Waals surface area (Å²) in [5, 5.41) is 2.87. The first kappa shape index (κ1) is 14.7. The third-order valence-electron chi connectivity index (χ3n) is 3.79. The standard InChI is InChI=1S/C14H21FN4O/c1-19-7-5-10(6-8-19)9-17-14(20)11-3-2-4-12(15)13(11)18-16/h2-4,10,18H,5-9,16H2,1H3,(H,17,20). The van der Waals surface area contributed by atoms with E-state index in [-0.39, 0.29) is 17.2 Å². The molecule has 0 aromatic heterocycles. The monoisotopic (exact) mass is 280 g/mol. The summed E-state index contributed by atoms with van der Waals surface area (Å²) in [6.45, 7) is 2.72. The van der Waals surface area contributed by atoms with E-state index in [0.717, 1.165) is 25.9 Å². The number of piperidine rings is 1. The number of halogens is 1. The van der Waals surface area contributed by atoms with Crippen molar-refractivity contribution in [3.8, 4) is 0 Å². The van der Waals surface area contributed by atoms with Gasteiger partial charge in [-0.3, -0.25) is 10.6 Å². The Kier molecular flexibility index (Phi) is 4.92. The highest BCUT2D eigenvalue weighted by Crippen LogP contribution is 2.19. The Balaban J connectivity index is 1.94. The molecular weight excluding hydrogens is 259 g/mol. The number of hydrogen-bond donors (Lipinski definition) is 3. The van der Waals surface area contributed by atoms with Gasteiger partial charge in [0.05, 0.1) is 11.3 Å². The van der Waals surface area contributed by atoms with Crippen LogP contribution in [0.3, 0.4) is 0 Å². The first-order valence-corrected chi connectivity index (χ1v) is 6.83. The molecule has 1 heterocycles. The van der Waals surface area contributed by atoms with Crippen LogP contribution in [0.5, 0.6) is 0 Å². The van der Waals surface area contributed by atoms with Gasteiger partial charge >= 0.3 is 0 Å². The van der Waals surface area contributed by atoms with Gasteiger partial charge < -0.3 is 15.6 Å². The van der Waals surface area contributed by atoms with Crippen LogP contribution in [-0.4, -0.2) is 37.5 Å². The second-order valence-electron chi connectivity index (χ2n) is 5.26. The Bertz CT molecular complexity index is 472. The minimum atomic E-state index is -0.528. The number of nitrogen functional groups attached to an aromatic ring is 1. The molecule has 0 atom stereocenters. The number of amides is 1. The second kappa shape index (κ2) is 6.67. The number of nitrogens with one attached hydrogen (secondary N) is 2. The van der Waals surface area contributed by atoms with Gasteiger partial charge in [-0.15, -0.1) is 0 Å². The third kappa shape index (κ3) is 3.46. The van der Waals surface area contributed by atoms with Crippen LogP contribution in [-0.2, 0) is 0 Å². The summed E-state index contributed by atoms with van der Waals surface area (Å²) < 4.78 is 13.5. The predicted molar refractivity (Wildman–Crippen MR) is 76.8 cm³/mol. The Morgan fingerprint density at radius 3 is 2.80 bits per heavy atom. The Morgan fingerprint density at radius 2 is 2.15 bits per heavy atom. The van der Waals surface area contributed by atoms with Gasteiger partial charge in [0.1, 0.15) is 5.82 Å². The van der Waals surface area contributed by atoms with Gasteiger partial charge in [0.15, 0.2) is 0 Å². The van der Waals surface area contributed by atoms with Crippen molar-refractivity contribution in [2.24, 2.45) is 11.8 Å². The number of nitrogens with zero attached hydrogens (tertiary/aromatic N) is 1. The van der Waals surface area contributed by atoms with Crippen LogP contribution in [0.4, 0.5) is 10.1 Å². The maximum absolute atomic E-state index is 13.5. The molecule has 1 fully saturated rings. The molecule has 0 spiro atoms. The SMILES string of the molecule is CN1CCC(CNC(=O)c2cccc(F)c2NN)CC1. The molecule has 5 nitrogen and oxygen atoms in total. The van der Waals surface area contributed by atoms with Crippen molar-refractivity contribution in [3.63, 3.8) is 0 Å². The maximum Gasteiger partial charge on any atom is 0.253 e. The summed E-state index contributed by atoms with van der Waals surface area (Å²) in [7, 11) is 2.10. The van der Waals surface area contributed by atoms with Crippen LogP contribution in [0.15, 0.2) is 18.2 Å². The van der Waals surface area contributed by atoms with Crippen LogP contribution >= 0.6 is 0 Å². The van der Waals surface area contributed by atoms with Crippen molar-refractivity contribution in [2.45, 2.75) is 12.8 Å². The zero-order valence-corrected chi connectivity index (χ0v) is 11.7. The van der Waals surface area contributed by atoms with Crippen molar-refractivity contribution in [1.29, 1.82) is 0 Å². The smallest absolute Gasteiger partial charge is 0.253 e. The Labute approximate surface area is 118 Å². The highest BCUT2D eigenvalue weighted by atomic mass is 19.1. The summed E-state index contributed by atoms with van der Waals surface area (Å²) in [6, 6.07) is 4.33. The molecule has 6 heteroatoms. The number of hydrogen-bond acceptors (Lipinski definition) is 4. The number of hydrazine groups is 1. The van der Waals surface area contributed by atoms with E-state index in [2.05, 4.69) is 22.7 Å². The van der Waals surface area contributed by atoms with Gasteiger partial charge in [-0.2, -0.15) is 0 Å². The van der Waals surface area contributed by atoms with E-state index < -0.39 is 5.82 Å². The minimum absolute atomic E-state index is 0.0355. The molecule has 0 aliphatic carbocycles. The van der Waals surface area contributed by atoms with Crippen LogP contribution in [0, 0.1) is 11.7 Å². The molecule has 0 unspecified atom stereocenters. The Hall–Kier alpha value is -1.66. The van der Waals surface area contributed by atoms with E-state index in [1.807, 2.05) is 0 Å². The van der Waals surface area contributed by atoms with Crippen LogP contribution < -0.4 is 16.6 Å². The molecule has 2 rings (SSSR count). The van der Waals surface area contributed by atoms with Crippen molar-refractivity contribution < 1.29 is 9.18 Å². The lowest BCUT2D eigenvalue weighted by atomic mass is 9.97. The average molecular weight is 280 g/mol. The molecule has 20 heavy (non-hydrogen) atoms. The molecule has 0 saturated carbocycles. The highest BCUT2D eigenvalue weighted by Gasteiger charge is 2.19. The summed E-state index contributed by atoms with van der Waals surface area (Å²) >= 11 is 0. The molecule has 0 radical (unpaired) electrons. The van der Waals surface area contributed by atoms with Crippen LogP contribution in [0.2, 0.25) is 0 Å². The second-order valence-corrected chi connectivity index (χ2v) is 5.26. The lowest BCUT2D eigenvalue weighted by molar-refractivity contribution is 0.0939. The number of nitrogens with two attached hydrogens (primary N) is 1. The van der Waals surface area contributed by atoms with Gasteiger partial charge in [0, 0.05) is 6.54 Å². The van der Waals surface area contributed by atoms with E-state index in [1.165, 1.54) is 12.1 Å². The molecule has 1 amide bonds. The summed E-state index contributed by atoms with van der Waals surface area (Å²) in [6.07, 6.45) is 2.14. The van der Waals surface area contributed by atoms with Gasteiger partial charge in [-0.05, 0) is 51.0 Å². The molecule has 1 aliphatic rings. The molecule has 1 saturated heterocycles. The summed E-state index contributed by atoms with van der Waals surface area (Å²) in [4.78, 5) is 14.4. The van der Waals surface area contributed by atoms with E-state index in [4.69, 9.17) is 5.84 Å². The normalized spacial score (nSPS) is 16.9. The quantitative estimate of drug-likeness (QED) is 0.572. The maximum atomic E-state index is 13.5. The molecule has 110 valence electrons.